The Morgan fingerprint density at radius 1 is 1.11 bits per heavy atom. The van der Waals surface area contributed by atoms with Crippen LogP contribution in [0.2, 0.25) is 0 Å². The van der Waals surface area contributed by atoms with Crippen LogP contribution >= 0.6 is 0 Å². The van der Waals surface area contributed by atoms with Crippen LogP contribution in [-0.2, 0) is 14.3 Å². The average Bonchev–Trinajstić information content (AvgIpc) is 2.43. The second-order valence-electron chi connectivity index (χ2n) is 5.22. The Morgan fingerprint density at radius 2 is 1.79 bits per heavy atom. The fraction of sp³-hybridized carbons (Fsp3) is 0.933. The molecular weight excluding hydrogens is 242 g/mol. The molecule has 0 aliphatic carbocycles. The molecule has 1 atom stereocenters. The average molecular weight is 273 g/mol. The van der Waals surface area contributed by atoms with Crippen molar-refractivity contribution in [2.75, 3.05) is 26.9 Å². The molecular formula is C15H31NO3. The molecule has 0 amide bonds. The van der Waals surface area contributed by atoms with E-state index < -0.39 is 5.54 Å². The zero-order chi connectivity index (χ0) is 14.6. The van der Waals surface area contributed by atoms with Crippen molar-refractivity contribution in [1.82, 2.24) is 5.32 Å². The Morgan fingerprint density at radius 3 is 2.37 bits per heavy atom. The summed E-state index contributed by atoms with van der Waals surface area (Å²) in [6.45, 7) is 7.98. The molecule has 114 valence electrons. The van der Waals surface area contributed by atoms with Crippen molar-refractivity contribution in [3.05, 3.63) is 0 Å². The molecule has 19 heavy (non-hydrogen) atoms. The molecule has 0 fully saturated rings. The van der Waals surface area contributed by atoms with Crippen molar-refractivity contribution in [2.45, 2.75) is 64.8 Å². The topological polar surface area (TPSA) is 47.6 Å². The van der Waals surface area contributed by atoms with Gasteiger partial charge in [-0.3, -0.25) is 0 Å². The van der Waals surface area contributed by atoms with Gasteiger partial charge in [-0.05, 0) is 26.3 Å². The molecule has 0 bridgehead atoms. The van der Waals surface area contributed by atoms with Gasteiger partial charge >= 0.3 is 5.97 Å². The highest BCUT2D eigenvalue weighted by Gasteiger charge is 2.33. The smallest absolute Gasteiger partial charge is 0.328 e. The number of unbranched alkanes of at least 4 members (excludes halogenated alkanes) is 4. The summed E-state index contributed by atoms with van der Waals surface area (Å²) >= 11 is 0. The van der Waals surface area contributed by atoms with Gasteiger partial charge in [0, 0.05) is 6.61 Å². The van der Waals surface area contributed by atoms with Gasteiger partial charge in [0.2, 0.25) is 0 Å². The Bertz CT molecular complexity index is 233. The maximum absolute atomic E-state index is 11.8. The summed E-state index contributed by atoms with van der Waals surface area (Å²) in [5.74, 6) is -0.257. The summed E-state index contributed by atoms with van der Waals surface area (Å²) in [5, 5.41) is 3.21. The molecule has 0 aromatic carbocycles. The van der Waals surface area contributed by atoms with Gasteiger partial charge < -0.3 is 14.8 Å². The highest BCUT2D eigenvalue weighted by molar-refractivity contribution is 5.80. The van der Waals surface area contributed by atoms with Gasteiger partial charge in [0.1, 0.15) is 5.54 Å². The second-order valence-corrected chi connectivity index (χ2v) is 5.22. The molecule has 0 saturated carbocycles. The zero-order valence-electron chi connectivity index (χ0n) is 13.1. The van der Waals surface area contributed by atoms with Gasteiger partial charge in [0.25, 0.3) is 0 Å². The predicted octanol–water partition coefficient (Wildman–Crippen LogP) is 2.90. The van der Waals surface area contributed by atoms with Crippen LogP contribution < -0.4 is 5.32 Å². The predicted molar refractivity (Wildman–Crippen MR) is 78.3 cm³/mol. The summed E-state index contributed by atoms with van der Waals surface area (Å²) in [6, 6.07) is 0. The third kappa shape index (κ3) is 8.22. The number of carbonyl (C=O) groups is 1. The van der Waals surface area contributed by atoms with Crippen LogP contribution in [0.3, 0.4) is 0 Å². The van der Waals surface area contributed by atoms with Crippen LogP contribution in [-0.4, -0.2) is 38.4 Å². The van der Waals surface area contributed by atoms with Gasteiger partial charge in [-0.1, -0.05) is 39.5 Å². The minimum atomic E-state index is -0.728. The lowest BCUT2D eigenvalue weighted by Gasteiger charge is -2.27. The van der Waals surface area contributed by atoms with E-state index in [1.165, 1.54) is 32.8 Å². The van der Waals surface area contributed by atoms with E-state index in [0.29, 0.717) is 13.2 Å². The van der Waals surface area contributed by atoms with Crippen molar-refractivity contribution < 1.29 is 14.3 Å². The number of hydrogen-bond donors (Lipinski definition) is 1. The quantitative estimate of drug-likeness (QED) is 0.439. The first kappa shape index (κ1) is 18.4. The summed E-state index contributed by atoms with van der Waals surface area (Å²) in [7, 11) is 1.42. The van der Waals surface area contributed by atoms with Gasteiger partial charge in [-0.2, -0.15) is 0 Å². The van der Waals surface area contributed by atoms with Gasteiger partial charge in [-0.25, -0.2) is 4.79 Å². The maximum atomic E-state index is 11.8. The van der Waals surface area contributed by atoms with E-state index in [0.717, 1.165) is 19.4 Å². The molecule has 0 aromatic heterocycles. The number of ether oxygens (including phenoxy) is 2. The lowest BCUT2D eigenvalue weighted by molar-refractivity contribution is -0.150. The molecule has 0 aliphatic heterocycles. The second kappa shape index (κ2) is 11.2. The first-order valence-electron chi connectivity index (χ1n) is 7.52. The monoisotopic (exact) mass is 273 g/mol. The van der Waals surface area contributed by atoms with Gasteiger partial charge in [-0.15, -0.1) is 0 Å². The van der Waals surface area contributed by atoms with E-state index >= 15 is 0 Å². The molecule has 0 radical (unpaired) electrons. The third-order valence-electron chi connectivity index (χ3n) is 3.18. The Labute approximate surface area is 118 Å². The van der Waals surface area contributed by atoms with Crippen LogP contribution in [0, 0.1) is 0 Å². The zero-order valence-corrected chi connectivity index (χ0v) is 13.1. The van der Waals surface area contributed by atoms with Crippen molar-refractivity contribution in [2.24, 2.45) is 0 Å². The van der Waals surface area contributed by atoms with Crippen LogP contribution in [0.25, 0.3) is 0 Å². The molecule has 4 heteroatoms. The van der Waals surface area contributed by atoms with Crippen LogP contribution in [0.5, 0.6) is 0 Å². The SMILES string of the molecule is CCCCCCCOCC(C)(NCCC)C(=O)OC. The van der Waals surface area contributed by atoms with Crippen LogP contribution in [0.4, 0.5) is 0 Å². The minimum Gasteiger partial charge on any atom is -0.468 e. The maximum Gasteiger partial charge on any atom is 0.328 e. The standard InChI is InChI=1S/C15H31NO3/c1-5-7-8-9-10-12-19-13-15(3,14(17)18-4)16-11-6-2/h16H,5-13H2,1-4H3. The summed E-state index contributed by atoms with van der Waals surface area (Å²) in [5.41, 5.74) is -0.728. The first-order chi connectivity index (χ1) is 9.10. The van der Waals surface area contributed by atoms with E-state index in [-0.39, 0.29) is 5.97 Å². The van der Waals surface area contributed by atoms with Gasteiger partial charge in [0.15, 0.2) is 0 Å². The van der Waals surface area contributed by atoms with E-state index in [4.69, 9.17) is 9.47 Å². The molecule has 4 nitrogen and oxygen atoms in total. The fourth-order valence-electron chi connectivity index (χ4n) is 1.89. The Hall–Kier alpha value is -0.610. The number of nitrogens with one attached hydrogen (secondary N) is 1. The first-order valence-corrected chi connectivity index (χ1v) is 7.52. The molecule has 0 aliphatic rings. The van der Waals surface area contributed by atoms with Crippen molar-refractivity contribution in [3.8, 4) is 0 Å². The fourth-order valence-corrected chi connectivity index (χ4v) is 1.89. The Kier molecular flexibility index (Phi) is 10.9. The highest BCUT2D eigenvalue weighted by atomic mass is 16.5. The van der Waals surface area contributed by atoms with Crippen LogP contribution in [0.15, 0.2) is 0 Å². The number of carbonyl (C=O) groups excluding carboxylic acids is 1. The number of methoxy groups -OCH3 is 1. The number of rotatable bonds is 12. The van der Waals surface area contributed by atoms with Crippen molar-refractivity contribution >= 4 is 5.97 Å². The van der Waals surface area contributed by atoms with E-state index in [1.54, 1.807) is 0 Å². The molecule has 0 saturated heterocycles. The van der Waals surface area contributed by atoms with E-state index in [9.17, 15) is 4.79 Å². The number of esters is 1. The lowest BCUT2D eigenvalue weighted by atomic mass is 10.0. The minimum absolute atomic E-state index is 0.257. The molecule has 1 N–H and O–H groups in total. The lowest BCUT2D eigenvalue weighted by Crippen LogP contribution is -2.54. The Balaban J connectivity index is 3.89. The largest absolute Gasteiger partial charge is 0.468 e. The van der Waals surface area contributed by atoms with Crippen molar-refractivity contribution in [3.63, 3.8) is 0 Å². The molecule has 0 rings (SSSR count). The van der Waals surface area contributed by atoms with E-state index in [1.807, 2.05) is 6.92 Å². The highest BCUT2D eigenvalue weighted by Crippen LogP contribution is 2.09. The normalized spacial score (nSPS) is 14.1. The van der Waals surface area contributed by atoms with Crippen LogP contribution in [0.1, 0.15) is 59.3 Å². The summed E-state index contributed by atoms with van der Waals surface area (Å²) in [4.78, 5) is 11.8. The third-order valence-corrected chi connectivity index (χ3v) is 3.18. The number of hydrogen-bond acceptors (Lipinski definition) is 4. The molecule has 1 unspecified atom stereocenters. The molecule has 0 spiro atoms. The molecule has 0 aromatic rings. The summed E-state index contributed by atoms with van der Waals surface area (Å²) < 4.78 is 10.5. The van der Waals surface area contributed by atoms with Crippen molar-refractivity contribution in [1.29, 1.82) is 0 Å². The van der Waals surface area contributed by atoms with Gasteiger partial charge in [0.05, 0.1) is 13.7 Å². The summed E-state index contributed by atoms with van der Waals surface area (Å²) in [6.07, 6.45) is 7.04. The van der Waals surface area contributed by atoms with E-state index in [2.05, 4.69) is 19.2 Å². The molecule has 0 heterocycles.